The summed E-state index contributed by atoms with van der Waals surface area (Å²) in [4.78, 5) is 14.2. The summed E-state index contributed by atoms with van der Waals surface area (Å²) in [5.41, 5.74) is 3.06. The SMILES string of the molecule is CN(Cc1ccccc1)C(=O)c1ccc(CS(=O)(=O)Cc2ccccc2)cc1. The number of nitrogens with zero attached hydrogens (tertiary/aromatic N) is 1. The highest BCUT2D eigenvalue weighted by molar-refractivity contribution is 7.89. The smallest absolute Gasteiger partial charge is 0.253 e. The quantitative estimate of drug-likeness (QED) is 0.608. The Bertz CT molecular complexity index is 1010. The van der Waals surface area contributed by atoms with Crippen LogP contribution < -0.4 is 0 Å². The first-order valence-electron chi connectivity index (χ1n) is 9.06. The minimum absolute atomic E-state index is 0.00827. The second-order valence-corrected chi connectivity index (χ2v) is 8.93. The van der Waals surface area contributed by atoms with Crippen LogP contribution in [0.1, 0.15) is 27.0 Å². The summed E-state index contributed by atoms with van der Waals surface area (Å²) in [6.07, 6.45) is 0. The standard InChI is InChI=1S/C23H23NO3S/c1-24(16-19-8-4-2-5-9-19)23(25)22-14-12-21(13-15-22)18-28(26,27)17-20-10-6-3-7-11-20/h2-15H,16-18H2,1H3. The number of amides is 1. The van der Waals surface area contributed by atoms with Crippen LogP contribution in [0.15, 0.2) is 84.9 Å². The van der Waals surface area contributed by atoms with Crippen LogP contribution in [0.5, 0.6) is 0 Å². The van der Waals surface area contributed by atoms with Gasteiger partial charge in [-0.1, -0.05) is 72.8 Å². The van der Waals surface area contributed by atoms with Gasteiger partial charge in [0.1, 0.15) is 0 Å². The average Bonchev–Trinajstić information content (AvgIpc) is 2.69. The number of hydrogen-bond acceptors (Lipinski definition) is 3. The van der Waals surface area contributed by atoms with Gasteiger partial charge in [-0.2, -0.15) is 0 Å². The van der Waals surface area contributed by atoms with Gasteiger partial charge in [0.25, 0.3) is 5.91 Å². The van der Waals surface area contributed by atoms with Gasteiger partial charge in [0, 0.05) is 19.2 Å². The Morgan fingerprint density at radius 3 is 1.71 bits per heavy atom. The van der Waals surface area contributed by atoms with Crippen molar-refractivity contribution in [2.24, 2.45) is 0 Å². The maximum atomic E-state index is 12.6. The minimum atomic E-state index is -3.27. The van der Waals surface area contributed by atoms with Crippen molar-refractivity contribution in [3.63, 3.8) is 0 Å². The van der Waals surface area contributed by atoms with Crippen molar-refractivity contribution in [2.75, 3.05) is 7.05 Å². The third kappa shape index (κ3) is 5.54. The predicted octanol–water partition coefficient (Wildman–Crippen LogP) is 4.07. The Kier molecular flexibility index (Phi) is 6.26. The molecular formula is C23H23NO3S. The summed E-state index contributed by atoms with van der Waals surface area (Å²) in [6, 6.07) is 25.7. The lowest BCUT2D eigenvalue weighted by Crippen LogP contribution is -2.26. The second-order valence-electron chi connectivity index (χ2n) is 6.86. The summed E-state index contributed by atoms with van der Waals surface area (Å²) in [5, 5.41) is 0. The van der Waals surface area contributed by atoms with Crippen molar-refractivity contribution in [3.8, 4) is 0 Å². The summed E-state index contributed by atoms with van der Waals surface area (Å²) < 4.78 is 24.8. The highest BCUT2D eigenvalue weighted by Gasteiger charge is 2.15. The van der Waals surface area contributed by atoms with Crippen molar-refractivity contribution in [1.82, 2.24) is 4.90 Å². The Balaban J connectivity index is 1.63. The van der Waals surface area contributed by atoms with E-state index in [1.165, 1.54) is 0 Å². The normalized spacial score (nSPS) is 11.2. The molecule has 3 aromatic rings. The molecule has 1 amide bonds. The highest BCUT2D eigenvalue weighted by Crippen LogP contribution is 2.15. The summed E-state index contributed by atoms with van der Waals surface area (Å²) in [6.45, 7) is 0.521. The zero-order valence-corrected chi connectivity index (χ0v) is 16.6. The van der Waals surface area contributed by atoms with Crippen LogP contribution in [0.4, 0.5) is 0 Å². The van der Waals surface area contributed by atoms with E-state index in [1.54, 1.807) is 36.2 Å². The molecular weight excluding hydrogens is 370 g/mol. The first-order valence-corrected chi connectivity index (χ1v) is 10.9. The number of sulfone groups is 1. The maximum absolute atomic E-state index is 12.6. The van der Waals surface area contributed by atoms with Crippen molar-refractivity contribution < 1.29 is 13.2 Å². The van der Waals surface area contributed by atoms with E-state index in [1.807, 2.05) is 60.7 Å². The highest BCUT2D eigenvalue weighted by atomic mass is 32.2. The molecule has 0 unspecified atom stereocenters. The average molecular weight is 394 g/mol. The molecule has 0 aliphatic carbocycles. The van der Waals surface area contributed by atoms with Gasteiger partial charge >= 0.3 is 0 Å². The molecule has 0 saturated heterocycles. The molecule has 0 spiro atoms. The van der Waals surface area contributed by atoms with Crippen molar-refractivity contribution >= 4 is 15.7 Å². The fourth-order valence-electron chi connectivity index (χ4n) is 3.03. The minimum Gasteiger partial charge on any atom is -0.337 e. The fraction of sp³-hybridized carbons (Fsp3) is 0.174. The maximum Gasteiger partial charge on any atom is 0.253 e. The zero-order chi connectivity index (χ0) is 20.0. The largest absolute Gasteiger partial charge is 0.337 e. The van der Waals surface area contributed by atoms with E-state index >= 15 is 0 Å². The molecule has 144 valence electrons. The lowest BCUT2D eigenvalue weighted by atomic mass is 10.1. The van der Waals surface area contributed by atoms with Gasteiger partial charge in [0.15, 0.2) is 9.84 Å². The van der Waals surface area contributed by atoms with Gasteiger partial charge in [-0.05, 0) is 28.8 Å². The first-order chi connectivity index (χ1) is 13.4. The Labute approximate surface area is 166 Å². The molecule has 0 aliphatic heterocycles. The van der Waals surface area contributed by atoms with E-state index in [4.69, 9.17) is 0 Å². The van der Waals surface area contributed by atoms with Crippen LogP contribution in [0.2, 0.25) is 0 Å². The van der Waals surface area contributed by atoms with E-state index in [2.05, 4.69) is 0 Å². The van der Waals surface area contributed by atoms with Gasteiger partial charge in [0.05, 0.1) is 11.5 Å². The topological polar surface area (TPSA) is 54.5 Å². The molecule has 0 radical (unpaired) electrons. The second kappa shape index (κ2) is 8.85. The molecule has 28 heavy (non-hydrogen) atoms. The number of hydrogen-bond donors (Lipinski definition) is 0. The monoisotopic (exact) mass is 393 g/mol. The van der Waals surface area contributed by atoms with Crippen molar-refractivity contribution in [1.29, 1.82) is 0 Å². The molecule has 0 atom stereocenters. The Hall–Kier alpha value is -2.92. The fourth-order valence-corrected chi connectivity index (χ4v) is 4.53. The van der Waals surface area contributed by atoms with Gasteiger partial charge < -0.3 is 4.90 Å². The molecule has 0 fully saturated rings. The number of benzene rings is 3. The van der Waals surface area contributed by atoms with Gasteiger partial charge in [0.2, 0.25) is 0 Å². The third-order valence-corrected chi connectivity index (χ3v) is 5.97. The molecule has 0 aliphatic rings. The molecule has 3 aromatic carbocycles. The first kappa shape index (κ1) is 19.8. The van der Waals surface area contributed by atoms with Crippen LogP contribution in [-0.2, 0) is 27.9 Å². The molecule has 4 nitrogen and oxygen atoms in total. The van der Waals surface area contributed by atoms with Crippen molar-refractivity contribution in [2.45, 2.75) is 18.1 Å². The number of rotatable bonds is 7. The lowest BCUT2D eigenvalue weighted by molar-refractivity contribution is 0.0785. The molecule has 0 heterocycles. The van der Waals surface area contributed by atoms with E-state index < -0.39 is 9.84 Å². The van der Waals surface area contributed by atoms with Gasteiger partial charge in [-0.15, -0.1) is 0 Å². The third-order valence-electron chi connectivity index (χ3n) is 4.43. The summed E-state index contributed by atoms with van der Waals surface area (Å²) >= 11 is 0. The molecule has 0 saturated carbocycles. The van der Waals surface area contributed by atoms with Crippen LogP contribution in [0, 0.1) is 0 Å². The van der Waals surface area contributed by atoms with Gasteiger partial charge in [-0.3, -0.25) is 4.79 Å². The van der Waals surface area contributed by atoms with Crippen LogP contribution >= 0.6 is 0 Å². The predicted molar refractivity (Wildman–Crippen MR) is 111 cm³/mol. The van der Waals surface area contributed by atoms with E-state index in [9.17, 15) is 13.2 Å². The molecule has 3 rings (SSSR count). The van der Waals surface area contributed by atoms with E-state index in [0.717, 1.165) is 11.1 Å². The van der Waals surface area contributed by atoms with E-state index in [0.29, 0.717) is 17.7 Å². The molecule has 0 N–H and O–H groups in total. The molecule has 0 bridgehead atoms. The van der Waals surface area contributed by atoms with E-state index in [-0.39, 0.29) is 17.4 Å². The van der Waals surface area contributed by atoms with Crippen LogP contribution in [0.25, 0.3) is 0 Å². The van der Waals surface area contributed by atoms with Gasteiger partial charge in [-0.25, -0.2) is 8.42 Å². The summed E-state index contributed by atoms with van der Waals surface area (Å²) in [7, 11) is -1.52. The van der Waals surface area contributed by atoms with Crippen molar-refractivity contribution in [3.05, 3.63) is 107 Å². The van der Waals surface area contributed by atoms with Crippen LogP contribution in [-0.4, -0.2) is 26.3 Å². The lowest BCUT2D eigenvalue weighted by Gasteiger charge is -2.17. The van der Waals surface area contributed by atoms with Crippen LogP contribution in [0.3, 0.4) is 0 Å². The Morgan fingerprint density at radius 2 is 1.18 bits per heavy atom. The summed E-state index contributed by atoms with van der Waals surface area (Å²) in [5.74, 6) is -0.132. The molecule has 0 aromatic heterocycles. The number of carbonyl (C=O) groups is 1. The zero-order valence-electron chi connectivity index (χ0n) is 15.8. The Morgan fingerprint density at radius 1 is 0.714 bits per heavy atom. The number of carbonyl (C=O) groups excluding carboxylic acids is 1. The molecule has 5 heteroatoms.